The first kappa shape index (κ1) is 22.5. The molecule has 0 N–H and O–H groups in total. The molecule has 5 nitrogen and oxygen atoms in total. The Kier molecular flexibility index (Phi) is 7.91. The van der Waals surface area contributed by atoms with Crippen LogP contribution in [0.3, 0.4) is 0 Å². The second-order valence-corrected chi connectivity index (χ2v) is 9.45. The standard InChI is InChI=1S/C26H31N3O2S/c1-28(16-13-23-7-2-3-14-27-23)18-21-9-11-24(12-10-21)31-20-22-6-4-15-29(19-22)26(30)25-8-5-17-32-25/h2-3,5,7-12,14,17,22H,4,6,13,15-16,18-20H2,1H3/t22-/m1/s1. The smallest absolute Gasteiger partial charge is 0.263 e. The predicted octanol–water partition coefficient (Wildman–Crippen LogP) is 4.75. The summed E-state index contributed by atoms with van der Waals surface area (Å²) < 4.78 is 6.07. The molecule has 0 saturated carbocycles. The Morgan fingerprint density at radius 2 is 2.06 bits per heavy atom. The fourth-order valence-electron chi connectivity index (χ4n) is 4.09. The number of amides is 1. The summed E-state index contributed by atoms with van der Waals surface area (Å²) in [7, 11) is 2.14. The van der Waals surface area contributed by atoms with Crippen LogP contribution < -0.4 is 4.74 Å². The molecule has 1 aliphatic heterocycles. The fraction of sp³-hybridized carbons (Fsp3) is 0.385. The third kappa shape index (κ3) is 6.40. The number of ether oxygens (including phenoxy) is 1. The van der Waals surface area contributed by atoms with E-state index in [4.69, 9.17) is 4.74 Å². The Labute approximate surface area is 194 Å². The molecule has 6 heteroatoms. The zero-order valence-electron chi connectivity index (χ0n) is 18.7. The third-order valence-electron chi connectivity index (χ3n) is 5.88. The summed E-state index contributed by atoms with van der Waals surface area (Å²) in [6, 6.07) is 18.3. The summed E-state index contributed by atoms with van der Waals surface area (Å²) >= 11 is 1.51. The van der Waals surface area contributed by atoms with Gasteiger partial charge in [0.25, 0.3) is 5.91 Å². The van der Waals surface area contributed by atoms with E-state index in [2.05, 4.69) is 47.3 Å². The van der Waals surface area contributed by atoms with Gasteiger partial charge in [-0.25, -0.2) is 0 Å². The molecule has 2 aromatic heterocycles. The number of likely N-dealkylation sites (tertiary alicyclic amines) is 1. The van der Waals surface area contributed by atoms with Crippen molar-refractivity contribution in [2.24, 2.45) is 5.92 Å². The number of carbonyl (C=O) groups excluding carboxylic acids is 1. The highest BCUT2D eigenvalue weighted by molar-refractivity contribution is 7.12. The molecule has 1 aromatic carbocycles. The van der Waals surface area contributed by atoms with Crippen LogP contribution in [-0.4, -0.2) is 54.0 Å². The van der Waals surface area contributed by atoms with E-state index in [1.165, 1.54) is 16.9 Å². The topological polar surface area (TPSA) is 45.7 Å². The summed E-state index contributed by atoms with van der Waals surface area (Å²) in [6.45, 7) is 4.14. The second-order valence-electron chi connectivity index (χ2n) is 8.50. The van der Waals surface area contributed by atoms with Crippen LogP contribution in [0.4, 0.5) is 0 Å². The van der Waals surface area contributed by atoms with Crippen LogP contribution in [0.1, 0.15) is 33.8 Å². The van der Waals surface area contributed by atoms with Gasteiger partial charge in [0.15, 0.2) is 0 Å². The maximum Gasteiger partial charge on any atom is 0.263 e. The molecular weight excluding hydrogens is 418 g/mol. The van der Waals surface area contributed by atoms with Crippen molar-refractivity contribution < 1.29 is 9.53 Å². The molecule has 0 bridgehead atoms. The van der Waals surface area contributed by atoms with Crippen LogP contribution >= 0.6 is 11.3 Å². The number of aromatic nitrogens is 1. The lowest BCUT2D eigenvalue weighted by Gasteiger charge is -2.32. The summed E-state index contributed by atoms with van der Waals surface area (Å²) in [5, 5.41) is 1.96. The number of hydrogen-bond acceptors (Lipinski definition) is 5. The second kappa shape index (κ2) is 11.2. The Balaban J connectivity index is 1.21. The summed E-state index contributed by atoms with van der Waals surface area (Å²) in [5.74, 6) is 1.43. The minimum atomic E-state index is 0.154. The molecule has 1 atom stereocenters. The van der Waals surface area contributed by atoms with Gasteiger partial charge in [0, 0.05) is 50.4 Å². The zero-order valence-corrected chi connectivity index (χ0v) is 19.5. The van der Waals surface area contributed by atoms with Crippen LogP contribution in [0.2, 0.25) is 0 Å². The number of rotatable bonds is 9. The molecule has 1 saturated heterocycles. The predicted molar refractivity (Wildman–Crippen MR) is 129 cm³/mol. The highest BCUT2D eigenvalue weighted by atomic mass is 32.1. The lowest BCUT2D eigenvalue weighted by atomic mass is 9.99. The highest BCUT2D eigenvalue weighted by Gasteiger charge is 2.25. The van der Waals surface area contributed by atoms with E-state index in [0.717, 1.165) is 61.8 Å². The van der Waals surface area contributed by atoms with Gasteiger partial charge in [-0.2, -0.15) is 0 Å². The molecule has 168 valence electrons. The van der Waals surface area contributed by atoms with E-state index in [1.54, 1.807) is 0 Å². The maximum atomic E-state index is 12.6. The van der Waals surface area contributed by atoms with Gasteiger partial charge >= 0.3 is 0 Å². The lowest BCUT2D eigenvalue weighted by Crippen LogP contribution is -2.41. The van der Waals surface area contributed by atoms with Gasteiger partial charge in [0.05, 0.1) is 11.5 Å². The number of benzene rings is 1. The SMILES string of the molecule is CN(CCc1ccccn1)Cc1ccc(OC[C@@H]2CCCN(C(=O)c3cccs3)C2)cc1. The van der Waals surface area contributed by atoms with Crippen molar-refractivity contribution in [3.05, 3.63) is 82.3 Å². The van der Waals surface area contributed by atoms with Crippen LogP contribution in [0.15, 0.2) is 66.2 Å². The molecule has 32 heavy (non-hydrogen) atoms. The molecule has 4 rings (SSSR count). The molecule has 1 fully saturated rings. The highest BCUT2D eigenvalue weighted by Crippen LogP contribution is 2.22. The van der Waals surface area contributed by atoms with Crippen molar-refractivity contribution in [1.82, 2.24) is 14.8 Å². The van der Waals surface area contributed by atoms with E-state index in [9.17, 15) is 4.79 Å². The van der Waals surface area contributed by atoms with E-state index in [-0.39, 0.29) is 5.91 Å². The summed E-state index contributed by atoms with van der Waals surface area (Å²) in [5.41, 5.74) is 2.40. The van der Waals surface area contributed by atoms with Gasteiger partial charge < -0.3 is 14.5 Å². The average molecular weight is 450 g/mol. The number of nitrogens with zero attached hydrogens (tertiary/aromatic N) is 3. The van der Waals surface area contributed by atoms with Crippen LogP contribution in [0.25, 0.3) is 0 Å². The van der Waals surface area contributed by atoms with Gasteiger partial charge in [-0.3, -0.25) is 9.78 Å². The van der Waals surface area contributed by atoms with Crippen molar-refractivity contribution in [3.63, 3.8) is 0 Å². The Bertz CT molecular complexity index is 961. The third-order valence-corrected chi connectivity index (χ3v) is 6.73. The van der Waals surface area contributed by atoms with Gasteiger partial charge in [-0.1, -0.05) is 24.3 Å². The Morgan fingerprint density at radius 1 is 1.19 bits per heavy atom. The first-order chi connectivity index (χ1) is 15.7. The normalized spacial score (nSPS) is 16.3. The average Bonchev–Trinajstić information content (AvgIpc) is 3.38. The molecule has 0 spiro atoms. The van der Waals surface area contributed by atoms with Gasteiger partial charge in [0.2, 0.25) is 0 Å². The minimum Gasteiger partial charge on any atom is -0.493 e. The van der Waals surface area contributed by atoms with Crippen LogP contribution in [-0.2, 0) is 13.0 Å². The summed E-state index contributed by atoms with van der Waals surface area (Å²) in [4.78, 5) is 22.1. The number of pyridine rings is 1. The quantitative estimate of drug-likeness (QED) is 0.473. The maximum absolute atomic E-state index is 12.6. The fourth-order valence-corrected chi connectivity index (χ4v) is 4.78. The van der Waals surface area contributed by atoms with Gasteiger partial charge in [-0.05, 0) is 61.2 Å². The number of piperidine rings is 1. The molecule has 0 aliphatic carbocycles. The Morgan fingerprint density at radius 3 is 2.81 bits per heavy atom. The monoisotopic (exact) mass is 449 g/mol. The molecule has 1 aliphatic rings. The molecule has 0 radical (unpaired) electrons. The number of carbonyl (C=O) groups is 1. The van der Waals surface area contributed by atoms with E-state index in [0.29, 0.717) is 12.5 Å². The first-order valence-corrected chi connectivity index (χ1v) is 12.2. The molecule has 3 aromatic rings. The Hall–Kier alpha value is -2.70. The van der Waals surface area contributed by atoms with E-state index >= 15 is 0 Å². The van der Waals surface area contributed by atoms with Crippen molar-refractivity contribution in [2.45, 2.75) is 25.8 Å². The molecular formula is C26H31N3O2S. The first-order valence-electron chi connectivity index (χ1n) is 11.3. The molecule has 0 unspecified atom stereocenters. The van der Waals surface area contributed by atoms with Crippen molar-refractivity contribution in [1.29, 1.82) is 0 Å². The van der Waals surface area contributed by atoms with Crippen molar-refractivity contribution in [3.8, 4) is 5.75 Å². The van der Waals surface area contributed by atoms with Crippen molar-refractivity contribution in [2.75, 3.05) is 33.3 Å². The molecule has 1 amide bonds. The number of thiophene rings is 1. The van der Waals surface area contributed by atoms with Gasteiger partial charge in [0.1, 0.15) is 5.75 Å². The lowest BCUT2D eigenvalue weighted by molar-refractivity contribution is 0.0638. The van der Waals surface area contributed by atoms with Crippen molar-refractivity contribution >= 4 is 17.2 Å². The van der Waals surface area contributed by atoms with E-state index < -0.39 is 0 Å². The van der Waals surface area contributed by atoms with E-state index in [1.807, 2.05) is 40.7 Å². The zero-order chi connectivity index (χ0) is 22.2. The van der Waals surface area contributed by atoms with Gasteiger partial charge in [-0.15, -0.1) is 11.3 Å². The van der Waals surface area contributed by atoms with Crippen LogP contribution in [0, 0.1) is 5.92 Å². The largest absolute Gasteiger partial charge is 0.493 e. The van der Waals surface area contributed by atoms with Crippen LogP contribution in [0.5, 0.6) is 5.75 Å². The number of likely N-dealkylation sites (N-methyl/N-ethyl adjacent to an activating group) is 1. The molecule has 3 heterocycles. The summed E-state index contributed by atoms with van der Waals surface area (Å²) in [6.07, 6.45) is 4.94. The minimum absolute atomic E-state index is 0.154. The number of hydrogen-bond donors (Lipinski definition) is 0.